The molecule has 0 radical (unpaired) electrons. The van der Waals surface area contributed by atoms with Crippen LogP contribution in [0.25, 0.3) is 0 Å². The van der Waals surface area contributed by atoms with Gasteiger partial charge in [0.1, 0.15) is 6.61 Å². The fourth-order valence-electron chi connectivity index (χ4n) is 2.23. The molecule has 0 bridgehead atoms. The van der Waals surface area contributed by atoms with Crippen molar-refractivity contribution in [2.24, 2.45) is 0 Å². The van der Waals surface area contributed by atoms with Gasteiger partial charge in [-0.25, -0.2) is 4.79 Å². The number of amides is 1. The molecule has 0 spiro atoms. The Labute approximate surface area is 142 Å². The average molecular weight is 325 g/mol. The van der Waals surface area contributed by atoms with Crippen molar-refractivity contribution in [1.29, 1.82) is 0 Å². The number of nitrogens with one attached hydrogen (secondary N) is 1. The van der Waals surface area contributed by atoms with Crippen molar-refractivity contribution in [3.8, 4) is 0 Å². The first-order chi connectivity index (χ1) is 11.3. The van der Waals surface area contributed by atoms with E-state index in [4.69, 9.17) is 4.74 Å². The van der Waals surface area contributed by atoms with Crippen molar-refractivity contribution in [3.05, 3.63) is 65.2 Å². The van der Waals surface area contributed by atoms with Crippen molar-refractivity contribution < 1.29 is 14.3 Å². The van der Waals surface area contributed by atoms with Crippen LogP contribution in [0.3, 0.4) is 0 Å². The number of ether oxygens (including phenoxy) is 1. The van der Waals surface area contributed by atoms with E-state index in [0.29, 0.717) is 11.3 Å². The molecule has 24 heavy (non-hydrogen) atoms. The van der Waals surface area contributed by atoms with E-state index in [2.05, 4.69) is 38.2 Å². The van der Waals surface area contributed by atoms with Crippen molar-refractivity contribution in [3.63, 3.8) is 0 Å². The second kappa shape index (κ2) is 7.30. The third kappa shape index (κ3) is 4.95. The number of esters is 1. The van der Waals surface area contributed by atoms with E-state index in [0.717, 1.165) is 5.56 Å². The first kappa shape index (κ1) is 17.7. The zero-order valence-corrected chi connectivity index (χ0v) is 14.6. The maximum Gasteiger partial charge on any atom is 0.338 e. The predicted octanol–water partition coefficient (Wildman–Crippen LogP) is 4.30. The van der Waals surface area contributed by atoms with Crippen LogP contribution < -0.4 is 5.32 Å². The molecule has 126 valence electrons. The summed E-state index contributed by atoms with van der Waals surface area (Å²) >= 11 is 0. The van der Waals surface area contributed by atoms with Crippen LogP contribution >= 0.6 is 0 Å². The molecule has 0 fully saturated rings. The molecule has 4 heteroatoms. The third-order valence-corrected chi connectivity index (χ3v) is 3.63. The van der Waals surface area contributed by atoms with Gasteiger partial charge in [-0.2, -0.15) is 0 Å². The zero-order chi connectivity index (χ0) is 17.7. The summed E-state index contributed by atoms with van der Waals surface area (Å²) in [6.45, 7) is 8.15. The van der Waals surface area contributed by atoms with Crippen LogP contribution in [0.4, 0.5) is 5.69 Å². The summed E-state index contributed by atoms with van der Waals surface area (Å²) in [5.41, 5.74) is 3.40. The minimum Gasteiger partial charge on any atom is -0.457 e. The first-order valence-corrected chi connectivity index (χ1v) is 7.90. The molecule has 0 saturated carbocycles. The van der Waals surface area contributed by atoms with Crippen molar-refractivity contribution >= 4 is 17.6 Å². The van der Waals surface area contributed by atoms with Crippen LogP contribution in [0.5, 0.6) is 0 Å². The molecule has 0 atom stereocenters. The van der Waals surface area contributed by atoms with Crippen molar-refractivity contribution in [1.82, 2.24) is 0 Å². The molecule has 2 aromatic carbocycles. The lowest BCUT2D eigenvalue weighted by molar-refractivity contribution is -0.114. The molecule has 0 aliphatic carbocycles. The van der Waals surface area contributed by atoms with Gasteiger partial charge < -0.3 is 10.1 Å². The average Bonchev–Trinajstić information content (AvgIpc) is 2.52. The summed E-state index contributed by atoms with van der Waals surface area (Å²) in [7, 11) is 0. The van der Waals surface area contributed by atoms with Crippen LogP contribution in [0.15, 0.2) is 48.5 Å². The minimum atomic E-state index is -0.385. The van der Waals surface area contributed by atoms with E-state index in [1.54, 1.807) is 24.3 Å². The lowest BCUT2D eigenvalue weighted by Gasteiger charge is -2.19. The monoisotopic (exact) mass is 325 g/mol. The fourth-order valence-corrected chi connectivity index (χ4v) is 2.23. The first-order valence-electron chi connectivity index (χ1n) is 7.90. The Morgan fingerprint density at radius 3 is 2.04 bits per heavy atom. The van der Waals surface area contributed by atoms with E-state index < -0.39 is 0 Å². The van der Waals surface area contributed by atoms with Crippen LogP contribution in [0.2, 0.25) is 0 Å². The van der Waals surface area contributed by atoms with Gasteiger partial charge in [0.15, 0.2) is 0 Å². The predicted molar refractivity (Wildman–Crippen MR) is 95.0 cm³/mol. The Hall–Kier alpha value is -2.62. The number of carbonyl (C=O) groups excluding carboxylic acids is 2. The molecule has 4 nitrogen and oxygen atoms in total. The van der Waals surface area contributed by atoms with Gasteiger partial charge in [-0.3, -0.25) is 4.79 Å². The van der Waals surface area contributed by atoms with Crippen LogP contribution in [0, 0.1) is 0 Å². The molecular formula is C20H23NO3. The van der Waals surface area contributed by atoms with Gasteiger partial charge in [0, 0.05) is 12.6 Å². The quantitative estimate of drug-likeness (QED) is 0.853. The van der Waals surface area contributed by atoms with E-state index in [1.165, 1.54) is 12.5 Å². The van der Waals surface area contributed by atoms with E-state index in [1.807, 2.05) is 12.1 Å². The van der Waals surface area contributed by atoms with Crippen LogP contribution in [-0.4, -0.2) is 11.9 Å². The van der Waals surface area contributed by atoms with E-state index in [9.17, 15) is 9.59 Å². The molecule has 0 saturated heterocycles. The summed E-state index contributed by atoms with van der Waals surface area (Å²) < 4.78 is 5.33. The molecule has 1 amide bonds. The molecule has 1 N–H and O–H groups in total. The Bertz CT molecular complexity index is 710. The van der Waals surface area contributed by atoms with Crippen LogP contribution in [0.1, 0.15) is 49.2 Å². The Balaban J connectivity index is 1.94. The van der Waals surface area contributed by atoms with Crippen LogP contribution in [-0.2, 0) is 21.6 Å². The molecule has 2 rings (SSSR count). The van der Waals surface area contributed by atoms with Gasteiger partial charge in [-0.1, -0.05) is 45.0 Å². The Morgan fingerprint density at radius 2 is 1.54 bits per heavy atom. The highest BCUT2D eigenvalue weighted by Gasteiger charge is 2.13. The summed E-state index contributed by atoms with van der Waals surface area (Å²) in [4.78, 5) is 23.0. The molecular weight excluding hydrogens is 302 g/mol. The second-order valence-electron chi connectivity index (χ2n) is 6.78. The van der Waals surface area contributed by atoms with Gasteiger partial charge in [-0.05, 0) is 40.8 Å². The standard InChI is InChI=1S/C20H23NO3/c1-14(22)21-18-11-7-16(8-12-18)19(23)24-13-15-5-9-17(10-6-15)20(2,3)4/h5-12H,13H2,1-4H3,(H,21,22). The number of carbonyl (C=O) groups is 2. The topological polar surface area (TPSA) is 55.4 Å². The van der Waals surface area contributed by atoms with Gasteiger partial charge in [0.2, 0.25) is 5.91 Å². The van der Waals surface area contributed by atoms with Gasteiger partial charge in [-0.15, -0.1) is 0 Å². The third-order valence-electron chi connectivity index (χ3n) is 3.63. The number of benzene rings is 2. The highest BCUT2D eigenvalue weighted by atomic mass is 16.5. The molecule has 0 aliphatic rings. The lowest BCUT2D eigenvalue weighted by Crippen LogP contribution is -2.11. The van der Waals surface area contributed by atoms with Gasteiger partial charge >= 0.3 is 5.97 Å². The lowest BCUT2D eigenvalue weighted by atomic mass is 9.87. The summed E-state index contributed by atoms with van der Waals surface area (Å²) in [5.74, 6) is -0.534. The molecule has 0 heterocycles. The number of anilines is 1. The zero-order valence-electron chi connectivity index (χ0n) is 14.6. The smallest absolute Gasteiger partial charge is 0.338 e. The van der Waals surface area contributed by atoms with Gasteiger partial charge in [0.05, 0.1) is 5.56 Å². The number of hydrogen-bond donors (Lipinski definition) is 1. The Morgan fingerprint density at radius 1 is 0.958 bits per heavy atom. The number of hydrogen-bond acceptors (Lipinski definition) is 3. The van der Waals surface area contributed by atoms with E-state index >= 15 is 0 Å². The molecule has 0 aliphatic heterocycles. The van der Waals surface area contributed by atoms with E-state index in [-0.39, 0.29) is 23.9 Å². The second-order valence-corrected chi connectivity index (χ2v) is 6.78. The van der Waals surface area contributed by atoms with Gasteiger partial charge in [0.25, 0.3) is 0 Å². The van der Waals surface area contributed by atoms with Crippen molar-refractivity contribution in [2.45, 2.75) is 39.7 Å². The summed E-state index contributed by atoms with van der Waals surface area (Å²) in [6.07, 6.45) is 0. The molecule has 2 aromatic rings. The maximum atomic E-state index is 12.1. The molecule has 0 aromatic heterocycles. The summed E-state index contributed by atoms with van der Waals surface area (Å²) in [6, 6.07) is 14.7. The minimum absolute atomic E-state index is 0.102. The largest absolute Gasteiger partial charge is 0.457 e. The summed E-state index contributed by atoms with van der Waals surface area (Å²) in [5, 5.41) is 2.66. The highest BCUT2D eigenvalue weighted by molar-refractivity contribution is 5.92. The highest BCUT2D eigenvalue weighted by Crippen LogP contribution is 2.22. The SMILES string of the molecule is CC(=O)Nc1ccc(C(=O)OCc2ccc(C(C)(C)C)cc2)cc1. The number of rotatable bonds is 4. The normalized spacial score (nSPS) is 11.0. The Kier molecular flexibility index (Phi) is 5.39. The fraction of sp³-hybridized carbons (Fsp3) is 0.300. The maximum absolute atomic E-state index is 12.1. The van der Waals surface area contributed by atoms with Crippen molar-refractivity contribution in [2.75, 3.05) is 5.32 Å². The molecule has 0 unspecified atom stereocenters.